The molecule has 2 heteroatoms. The fourth-order valence-corrected chi connectivity index (χ4v) is 12.5. The lowest BCUT2D eigenvalue weighted by atomic mass is 9.56. The molecule has 9 atom stereocenters. The number of rotatable bonds is 5. The van der Waals surface area contributed by atoms with Crippen LogP contribution in [0.5, 0.6) is 0 Å². The summed E-state index contributed by atoms with van der Waals surface area (Å²) >= 11 is 0. The van der Waals surface area contributed by atoms with Crippen molar-refractivity contribution in [2.75, 3.05) is 0 Å². The van der Waals surface area contributed by atoms with Gasteiger partial charge in [0.2, 0.25) is 0 Å². The Bertz CT molecular complexity index is 2390. The van der Waals surface area contributed by atoms with E-state index in [4.69, 9.17) is 11.4 Å². The van der Waals surface area contributed by atoms with Crippen molar-refractivity contribution >= 4 is 11.0 Å². The Kier molecular flexibility index (Phi) is 8.48. The summed E-state index contributed by atoms with van der Waals surface area (Å²) in [5.74, 6) is 9.22. The molecular formula is C52H48N2. The normalized spacial score (nSPS) is 30.2. The van der Waals surface area contributed by atoms with Crippen molar-refractivity contribution in [3.8, 4) is 29.4 Å². The van der Waals surface area contributed by atoms with Gasteiger partial charge in [0.15, 0.2) is 0 Å². The van der Waals surface area contributed by atoms with E-state index in [0.717, 1.165) is 22.5 Å². The average Bonchev–Trinajstić information content (AvgIpc) is 3.79. The smallest absolute Gasteiger partial charge is 0.145 e. The molecule has 4 aliphatic carbocycles. The van der Waals surface area contributed by atoms with Crippen molar-refractivity contribution in [1.29, 1.82) is 0 Å². The number of benzene rings is 5. The molecule has 0 bridgehead atoms. The maximum absolute atomic E-state index is 6.20. The molecule has 4 saturated carbocycles. The van der Waals surface area contributed by atoms with Crippen molar-refractivity contribution < 1.29 is 0 Å². The first-order valence-electron chi connectivity index (χ1n) is 20.3. The van der Waals surface area contributed by atoms with Gasteiger partial charge in [0, 0.05) is 23.1 Å². The van der Waals surface area contributed by atoms with Crippen LogP contribution in [0, 0.1) is 47.9 Å². The van der Waals surface area contributed by atoms with Gasteiger partial charge in [-0.25, -0.2) is 4.98 Å². The Morgan fingerprint density at radius 1 is 0.611 bits per heavy atom. The van der Waals surface area contributed by atoms with Gasteiger partial charge >= 0.3 is 0 Å². The van der Waals surface area contributed by atoms with E-state index < -0.39 is 0 Å². The van der Waals surface area contributed by atoms with E-state index in [-0.39, 0.29) is 0 Å². The van der Waals surface area contributed by atoms with Gasteiger partial charge in [-0.2, -0.15) is 0 Å². The van der Waals surface area contributed by atoms with Crippen molar-refractivity contribution in [3.05, 3.63) is 180 Å². The van der Waals surface area contributed by atoms with Gasteiger partial charge in [-0.05, 0) is 138 Å². The number of aromatic nitrogens is 2. The molecule has 54 heavy (non-hydrogen) atoms. The number of allylic oxidation sites excluding steroid dienone is 4. The fraction of sp³-hybridized carbons (Fsp3) is 0.288. The second-order valence-corrected chi connectivity index (χ2v) is 16.3. The van der Waals surface area contributed by atoms with E-state index in [2.05, 4.69) is 169 Å². The molecule has 2 nitrogen and oxygen atoms in total. The van der Waals surface area contributed by atoms with Crippen LogP contribution in [0.4, 0.5) is 0 Å². The monoisotopic (exact) mass is 700 g/mol. The summed E-state index contributed by atoms with van der Waals surface area (Å²) in [7, 11) is 0. The molecule has 0 aliphatic heterocycles. The number of terminal acetylenes is 1. The molecule has 6 aromatic rings. The molecular weight excluding hydrogens is 653 g/mol. The van der Waals surface area contributed by atoms with Crippen LogP contribution < -0.4 is 0 Å². The predicted molar refractivity (Wildman–Crippen MR) is 222 cm³/mol. The standard InChI is InChI=1S/C52H48N2/c1-3-18-41-39(4-2)47(34-19-8-5-9-20-34)51-44-32-31-40(42-27-17-28-43(49(42)44)50(51)48(41)35-21-10-6-11-22-35)36-23-16-24-37(33-36)52-53-45-29-14-15-30-46(45)54(52)38-25-12-7-13-26-38/h1,4-16,18-26,29-30,33,40,42-44,47-51H,17,27-28,31-32H2,2H3/b39-4+,41-18+. The summed E-state index contributed by atoms with van der Waals surface area (Å²) < 4.78 is 2.34. The van der Waals surface area contributed by atoms with Gasteiger partial charge in [-0.3, -0.25) is 4.57 Å². The van der Waals surface area contributed by atoms with Gasteiger partial charge in [0.25, 0.3) is 0 Å². The van der Waals surface area contributed by atoms with Crippen LogP contribution in [0.15, 0.2) is 163 Å². The van der Waals surface area contributed by atoms with Gasteiger partial charge in [0.1, 0.15) is 5.82 Å². The van der Waals surface area contributed by atoms with Gasteiger partial charge in [-0.1, -0.05) is 128 Å². The Balaban J connectivity index is 1.08. The molecule has 4 aliphatic rings. The zero-order chi connectivity index (χ0) is 36.2. The first kappa shape index (κ1) is 33.2. The third-order valence-corrected chi connectivity index (χ3v) is 14.1. The summed E-state index contributed by atoms with van der Waals surface area (Å²) in [5.41, 5.74) is 11.8. The zero-order valence-corrected chi connectivity index (χ0v) is 31.1. The number of imidazole rings is 1. The highest BCUT2D eigenvalue weighted by molar-refractivity contribution is 5.83. The van der Waals surface area contributed by atoms with Gasteiger partial charge in [-0.15, -0.1) is 6.42 Å². The van der Waals surface area contributed by atoms with Crippen LogP contribution in [0.3, 0.4) is 0 Å². The minimum Gasteiger partial charge on any atom is -0.292 e. The van der Waals surface area contributed by atoms with Crippen LogP contribution in [0.25, 0.3) is 28.1 Å². The number of hydrogen-bond acceptors (Lipinski definition) is 1. The van der Waals surface area contributed by atoms with E-state index in [9.17, 15) is 0 Å². The van der Waals surface area contributed by atoms with Crippen molar-refractivity contribution in [2.24, 2.45) is 35.5 Å². The SMILES string of the molecule is C#C/C=C1\C(=C/C)C(c2ccccc2)C2C3CCC(c4cccc(-c5nc6ccccc6n5-c5ccccc5)c4)C4CCCC(C43)C2C1c1ccccc1. The Hall–Kier alpha value is -5.39. The van der Waals surface area contributed by atoms with Crippen molar-refractivity contribution in [3.63, 3.8) is 0 Å². The van der Waals surface area contributed by atoms with E-state index in [0.29, 0.717) is 53.3 Å². The summed E-state index contributed by atoms with van der Waals surface area (Å²) in [5, 5.41) is 0. The quantitative estimate of drug-likeness (QED) is 0.164. The molecule has 0 radical (unpaired) electrons. The first-order valence-corrected chi connectivity index (χ1v) is 20.3. The highest BCUT2D eigenvalue weighted by Crippen LogP contribution is 2.71. The lowest BCUT2D eigenvalue weighted by molar-refractivity contribution is 0.0615. The summed E-state index contributed by atoms with van der Waals surface area (Å²) in [6.45, 7) is 2.25. The lowest BCUT2D eigenvalue weighted by Crippen LogP contribution is -2.38. The molecule has 1 heterocycles. The van der Waals surface area contributed by atoms with Crippen LogP contribution in [0.2, 0.25) is 0 Å². The summed E-state index contributed by atoms with van der Waals surface area (Å²) in [6.07, 6.45) is 17.2. The van der Waals surface area contributed by atoms with Crippen LogP contribution in [-0.4, -0.2) is 9.55 Å². The maximum Gasteiger partial charge on any atom is 0.145 e. The Morgan fingerprint density at radius 3 is 1.93 bits per heavy atom. The summed E-state index contributed by atoms with van der Waals surface area (Å²) in [4.78, 5) is 5.26. The lowest BCUT2D eigenvalue weighted by Gasteiger charge is -2.47. The first-order chi connectivity index (χ1) is 26.7. The molecule has 0 spiro atoms. The van der Waals surface area contributed by atoms with Crippen LogP contribution in [0.1, 0.15) is 73.5 Å². The van der Waals surface area contributed by atoms with Crippen LogP contribution in [-0.2, 0) is 0 Å². The molecule has 4 fully saturated rings. The number of hydrogen-bond donors (Lipinski definition) is 0. The highest BCUT2D eigenvalue weighted by atomic mass is 15.1. The van der Waals surface area contributed by atoms with Gasteiger partial charge < -0.3 is 0 Å². The molecule has 0 N–H and O–H groups in total. The third kappa shape index (κ3) is 5.27. The second kappa shape index (κ2) is 13.8. The molecule has 10 rings (SSSR count). The summed E-state index contributed by atoms with van der Waals surface area (Å²) in [6, 6.07) is 51.6. The number of fused-ring (bicyclic) bond motifs is 4. The minimum absolute atomic E-state index is 0.320. The largest absolute Gasteiger partial charge is 0.292 e. The van der Waals surface area contributed by atoms with Crippen molar-refractivity contribution in [2.45, 2.75) is 56.8 Å². The minimum atomic E-state index is 0.320. The van der Waals surface area contributed by atoms with Gasteiger partial charge in [0.05, 0.1) is 11.0 Å². The third-order valence-electron chi connectivity index (χ3n) is 14.1. The molecule has 266 valence electrons. The second-order valence-electron chi connectivity index (χ2n) is 16.3. The van der Waals surface area contributed by atoms with E-state index >= 15 is 0 Å². The van der Waals surface area contributed by atoms with E-state index in [1.807, 2.05) is 0 Å². The molecule has 0 amide bonds. The molecule has 0 saturated heterocycles. The van der Waals surface area contributed by atoms with Crippen LogP contribution >= 0.6 is 0 Å². The Morgan fingerprint density at radius 2 is 1.22 bits per heavy atom. The molecule has 9 unspecified atom stereocenters. The average molecular weight is 701 g/mol. The zero-order valence-electron chi connectivity index (χ0n) is 31.1. The maximum atomic E-state index is 6.20. The number of nitrogens with zero attached hydrogens (tertiary/aromatic N) is 2. The molecule has 1 aromatic heterocycles. The number of para-hydroxylation sites is 3. The predicted octanol–water partition coefficient (Wildman–Crippen LogP) is 12.6. The topological polar surface area (TPSA) is 17.8 Å². The highest BCUT2D eigenvalue weighted by Gasteiger charge is 2.63. The van der Waals surface area contributed by atoms with E-state index in [1.54, 1.807) is 0 Å². The Labute approximate surface area is 320 Å². The van der Waals surface area contributed by atoms with E-state index in [1.165, 1.54) is 65.5 Å². The fourth-order valence-electron chi connectivity index (χ4n) is 12.5. The van der Waals surface area contributed by atoms with Crippen molar-refractivity contribution in [1.82, 2.24) is 9.55 Å². The molecule has 5 aromatic carbocycles.